The van der Waals surface area contributed by atoms with Gasteiger partial charge in [0.05, 0.1) is 11.1 Å². The molecule has 0 bridgehead atoms. The second kappa shape index (κ2) is 8.52. The largest absolute Gasteiger partial charge is 0.388 e. The Morgan fingerprint density at radius 2 is 1.62 bits per heavy atom. The molecule has 8 heteroatoms. The van der Waals surface area contributed by atoms with E-state index in [1.165, 1.54) is 12.1 Å². The van der Waals surface area contributed by atoms with E-state index in [0.717, 1.165) is 16.8 Å². The Morgan fingerprint density at radius 3 is 2.19 bits per heavy atom. The van der Waals surface area contributed by atoms with Crippen LogP contribution in [-0.2, 0) is 4.79 Å². The Labute approximate surface area is 187 Å². The van der Waals surface area contributed by atoms with Crippen LogP contribution in [0.4, 0.5) is 10.1 Å². The van der Waals surface area contributed by atoms with Crippen molar-refractivity contribution in [3.63, 3.8) is 0 Å². The van der Waals surface area contributed by atoms with Gasteiger partial charge in [-0.15, -0.1) is 0 Å². The molecule has 0 aromatic heterocycles. The van der Waals surface area contributed by atoms with Crippen LogP contribution in [-0.4, -0.2) is 60.4 Å². The van der Waals surface area contributed by atoms with Gasteiger partial charge in [0.15, 0.2) is 0 Å². The van der Waals surface area contributed by atoms with Crippen LogP contribution < -0.4 is 16.8 Å². The number of nitrogens with one attached hydrogen (secondary N) is 1. The van der Waals surface area contributed by atoms with Crippen molar-refractivity contribution in [1.29, 1.82) is 0 Å². The summed E-state index contributed by atoms with van der Waals surface area (Å²) in [5.41, 5.74) is 14.8. The van der Waals surface area contributed by atoms with Crippen LogP contribution in [0.1, 0.15) is 41.7 Å². The number of hydrogen-bond donors (Lipinski definition) is 3. The number of anilines is 1. The molecule has 1 saturated carbocycles. The zero-order valence-corrected chi connectivity index (χ0v) is 18.5. The fraction of sp³-hybridized carbons (Fsp3) is 0.417. The number of nitrogens with two attached hydrogens (primary N) is 2. The zero-order valence-electron chi connectivity index (χ0n) is 18.5. The third-order valence-corrected chi connectivity index (χ3v) is 6.41. The van der Waals surface area contributed by atoms with Crippen molar-refractivity contribution in [3.8, 4) is 11.1 Å². The molecule has 1 unspecified atom stereocenters. The van der Waals surface area contributed by atoms with Gasteiger partial charge in [-0.05, 0) is 60.7 Å². The van der Waals surface area contributed by atoms with E-state index in [-0.39, 0.29) is 23.4 Å². The Balaban J connectivity index is 1.47. The maximum atomic E-state index is 14.9. The lowest BCUT2D eigenvalue weighted by atomic mass is 9.97. The first kappa shape index (κ1) is 22.2. The predicted octanol–water partition coefficient (Wildman–Crippen LogP) is 2.33. The SMILES string of the molecule is CNc1ccc(-c2ccc(C(=O)N3CCN(C(=O)C4(N)CC4)CC3)c(F)c2)cc1C(C)N. The van der Waals surface area contributed by atoms with Crippen molar-refractivity contribution in [1.82, 2.24) is 9.80 Å². The lowest BCUT2D eigenvalue weighted by Crippen LogP contribution is -2.55. The number of nitrogens with zero attached hydrogens (tertiary/aromatic N) is 2. The van der Waals surface area contributed by atoms with Crippen LogP contribution in [0, 0.1) is 5.82 Å². The van der Waals surface area contributed by atoms with Gasteiger partial charge < -0.3 is 26.6 Å². The molecule has 0 radical (unpaired) electrons. The van der Waals surface area contributed by atoms with E-state index in [9.17, 15) is 14.0 Å². The van der Waals surface area contributed by atoms with Gasteiger partial charge in [-0.25, -0.2) is 4.39 Å². The number of benzene rings is 2. The number of hydrogen-bond acceptors (Lipinski definition) is 5. The third-order valence-electron chi connectivity index (χ3n) is 6.41. The summed E-state index contributed by atoms with van der Waals surface area (Å²) in [5, 5.41) is 3.11. The van der Waals surface area contributed by atoms with E-state index >= 15 is 0 Å². The van der Waals surface area contributed by atoms with Crippen LogP contribution in [0.5, 0.6) is 0 Å². The van der Waals surface area contributed by atoms with E-state index < -0.39 is 11.4 Å². The molecule has 5 N–H and O–H groups in total. The predicted molar refractivity (Wildman–Crippen MR) is 123 cm³/mol. The van der Waals surface area contributed by atoms with E-state index in [1.807, 2.05) is 32.2 Å². The first-order valence-electron chi connectivity index (χ1n) is 11.0. The van der Waals surface area contributed by atoms with E-state index in [0.29, 0.717) is 44.6 Å². The monoisotopic (exact) mass is 439 g/mol. The average Bonchev–Trinajstić information content (AvgIpc) is 3.56. The molecule has 4 rings (SSSR count). The second-order valence-corrected chi connectivity index (χ2v) is 8.78. The minimum atomic E-state index is -0.707. The molecule has 2 fully saturated rings. The van der Waals surface area contributed by atoms with Gasteiger partial charge in [0.1, 0.15) is 5.82 Å². The normalized spacial score (nSPS) is 18.3. The highest BCUT2D eigenvalue weighted by atomic mass is 19.1. The highest BCUT2D eigenvalue weighted by molar-refractivity contribution is 5.95. The van der Waals surface area contributed by atoms with Gasteiger partial charge in [0.25, 0.3) is 5.91 Å². The Kier molecular flexibility index (Phi) is 5.92. The summed E-state index contributed by atoms with van der Waals surface area (Å²) < 4.78 is 14.9. The average molecular weight is 440 g/mol. The molecule has 7 nitrogen and oxygen atoms in total. The zero-order chi connectivity index (χ0) is 23.0. The van der Waals surface area contributed by atoms with Gasteiger partial charge in [-0.3, -0.25) is 9.59 Å². The van der Waals surface area contributed by atoms with E-state index in [2.05, 4.69) is 5.32 Å². The summed E-state index contributed by atoms with van der Waals surface area (Å²) in [7, 11) is 1.83. The standard InChI is InChI=1S/C24H30FN5O2/c1-15(26)19-13-16(4-6-21(19)28-2)17-3-5-18(20(25)14-17)22(31)29-9-11-30(12-10-29)23(32)24(27)7-8-24/h3-6,13-15,28H,7-12,26-27H2,1-2H3. The van der Waals surface area contributed by atoms with Gasteiger partial charge >= 0.3 is 0 Å². The van der Waals surface area contributed by atoms with Crippen molar-refractivity contribution in [3.05, 3.63) is 53.3 Å². The third kappa shape index (κ3) is 4.20. The van der Waals surface area contributed by atoms with Crippen LogP contribution in [0.25, 0.3) is 11.1 Å². The quantitative estimate of drug-likeness (QED) is 0.663. The van der Waals surface area contributed by atoms with Crippen LogP contribution in [0.15, 0.2) is 36.4 Å². The molecule has 2 aliphatic rings. The molecule has 1 saturated heterocycles. The smallest absolute Gasteiger partial charge is 0.256 e. The first-order valence-corrected chi connectivity index (χ1v) is 11.0. The molecule has 1 heterocycles. The highest BCUT2D eigenvalue weighted by Crippen LogP contribution is 2.34. The summed E-state index contributed by atoms with van der Waals surface area (Å²) >= 11 is 0. The maximum absolute atomic E-state index is 14.9. The Morgan fingerprint density at radius 1 is 1.03 bits per heavy atom. The van der Waals surface area contributed by atoms with Crippen molar-refractivity contribution in [2.45, 2.75) is 31.3 Å². The van der Waals surface area contributed by atoms with Crippen molar-refractivity contribution >= 4 is 17.5 Å². The van der Waals surface area contributed by atoms with E-state index in [1.54, 1.807) is 15.9 Å². The van der Waals surface area contributed by atoms with Crippen LogP contribution in [0.2, 0.25) is 0 Å². The van der Waals surface area contributed by atoms with Crippen molar-refractivity contribution < 1.29 is 14.0 Å². The molecule has 2 aromatic carbocycles. The second-order valence-electron chi connectivity index (χ2n) is 8.78. The van der Waals surface area contributed by atoms with Gasteiger partial charge in [-0.2, -0.15) is 0 Å². The van der Waals surface area contributed by atoms with Crippen molar-refractivity contribution in [2.24, 2.45) is 11.5 Å². The molecule has 2 amide bonds. The van der Waals surface area contributed by atoms with Crippen molar-refractivity contribution in [2.75, 3.05) is 38.5 Å². The lowest BCUT2D eigenvalue weighted by molar-refractivity contribution is -0.135. The number of rotatable bonds is 5. The molecule has 2 aromatic rings. The fourth-order valence-corrected chi connectivity index (χ4v) is 4.16. The number of carbonyl (C=O) groups is 2. The lowest BCUT2D eigenvalue weighted by Gasteiger charge is -2.36. The first-order chi connectivity index (χ1) is 15.2. The summed E-state index contributed by atoms with van der Waals surface area (Å²) in [6.07, 6.45) is 1.43. The number of halogens is 1. The number of carbonyl (C=O) groups excluding carboxylic acids is 2. The molecule has 32 heavy (non-hydrogen) atoms. The molecule has 1 aliphatic heterocycles. The fourth-order valence-electron chi connectivity index (χ4n) is 4.16. The summed E-state index contributed by atoms with van der Waals surface area (Å²) in [6.45, 7) is 3.46. The highest BCUT2D eigenvalue weighted by Gasteiger charge is 2.48. The molecule has 1 atom stereocenters. The minimum absolute atomic E-state index is 0.0327. The molecular weight excluding hydrogens is 409 g/mol. The summed E-state index contributed by atoms with van der Waals surface area (Å²) in [5.74, 6) is -0.975. The molecular formula is C24H30FN5O2. The van der Waals surface area contributed by atoms with E-state index in [4.69, 9.17) is 11.5 Å². The number of amides is 2. The summed E-state index contributed by atoms with van der Waals surface area (Å²) in [4.78, 5) is 28.6. The molecule has 0 spiro atoms. The Hall–Kier alpha value is -2.97. The summed E-state index contributed by atoms with van der Waals surface area (Å²) in [6, 6.07) is 10.2. The molecule has 170 valence electrons. The minimum Gasteiger partial charge on any atom is -0.388 e. The van der Waals surface area contributed by atoms with Crippen LogP contribution in [0.3, 0.4) is 0 Å². The maximum Gasteiger partial charge on any atom is 0.256 e. The molecule has 1 aliphatic carbocycles. The Bertz CT molecular complexity index is 1040. The van der Waals surface area contributed by atoms with Gasteiger partial charge in [0.2, 0.25) is 5.91 Å². The topological polar surface area (TPSA) is 105 Å². The van der Waals surface area contributed by atoms with Gasteiger partial charge in [-0.1, -0.05) is 12.1 Å². The van der Waals surface area contributed by atoms with Gasteiger partial charge in [0, 0.05) is 45.0 Å². The number of piperazine rings is 1. The van der Waals surface area contributed by atoms with Crippen LogP contribution >= 0.6 is 0 Å².